The molecule has 0 radical (unpaired) electrons. The number of hydrogen-bond donors (Lipinski definition) is 9. The monoisotopic (exact) mass is 592 g/mol. The predicted molar refractivity (Wildman–Crippen MR) is 111 cm³/mol. The quantitative estimate of drug-likeness (QED) is 0.0457. The Labute approximate surface area is 224 Å². The molecule has 40 heavy (non-hydrogen) atoms. The van der Waals surface area contributed by atoms with Crippen molar-refractivity contribution in [2.24, 2.45) is 0 Å². The molecule has 1 saturated heterocycles. The van der Waals surface area contributed by atoms with Crippen LogP contribution in [0.3, 0.4) is 0 Å². The van der Waals surface area contributed by atoms with Gasteiger partial charge in [-0.1, -0.05) is 20.9 Å². The molecule has 1 fully saturated rings. The molecule has 0 spiro atoms. The van der Waals surface area contributed by atoms with Crippen LogP contribution < -0.4 is 0 Å². The fourth-order valence-corrected chi connectivity index (χ4v) is 3.08. The first-order chi connectivity index (χ1) is 18.7. The number of hydrogen-bond acceptors (Lipinski definition) is 22. The fraction of sp³-hybridized carbons (Fsp3) is 0.778. The van der Waals surface area contributed by atoms with E-state index in [1.807, 2.05) is 0 Å². The summed E-state index contributed by atoms with van der Waals surface area (Å²) in [5, 5.41) is 79.6. The van der Waals surface area contributed by atoms with Crippen LogP contribution in [-0.4, -0.2) is 155 Å². The molecule has 5 atom stereocenters. The first kappa shape index (κ1) is 35.3. The number of esters is 4. The van der Waals surface area contributed by atoms with Crippen molar-refractivity contribution in [3.05, 3.63) is 0 Å². The molecule has 22 nitrogen and oxygen atoms in total. The Hall–Kier alpha value is -2.68. The summed E-state index contributed by atoms with van der Waals surface area (Å²) in [6.07, 6.45) is -11.9. The Morgan fingerprint density at radius 3 is 1.30 bits per heavy atom. The Morgan fingerprint density at radius 2 is 0.900 bits per heavy atom. The lowest BCUT2D eigenvalue weighted by Crippen LogP contribution is -2.62. The summed E-state index contributed by atoms with van der Waals surface area (Å²) < 4.78 is 25.6. The highest BCUT2D eigenvalue weighted by molar-refractivity contribution is 5.72. The third-order valence-electron chi connectivity index (χ3n) is 4.88. The Kier molecular flexibility index (Phi) is 15.8. The third kappa shape index (κ3) is 14.1. The van der Waals surface area contributed by atoms with Gasteiger partial charge in [-0.15, -0.1) is 0 Å². The van der Waals surface area contributed by atoms with Crippen molar-refractivity contribution in [1.29, 1.82) is 0 Å². The molecule has 22 heteroatoms. The molecule has 0 saturated carbocycles. The molecule has 0 aromatic heterocycles. The van der Waals surface area contributed by atoms with Gasteiger partial charge >= 0.3 is 23.9 Å². The number of rotatable bonds is 17. The summed E-state index contributed by atoms with van der Waals surface area (Å²) >= 11 is 0. The van der Waals surface area contributed by atoms with Gasteiger partial charge in [-0.05, 0) is 0 Å². The standard InChI is InChI=1S/C18H32N4O18/c23-11(1-5-19(28)29)36-9-10-15(38-12(24)2-6-20(30)31)16(39-13(25)3-7-21(32)33)17(18(27)37-10)40-14(26)4-8-22(34)35/h10,15-18,27-35H,1-9H2. The minimum Gasteiger partial charge on any atom is -0.463 e. The Bertz CT molecular complexity index is 814. The number of nitrogens with zero attached hydrogens (tertiary/aromatic N) is 4. The second-order valence-electron chi connectivity index (χ2n) is 8.00. The van der Waals surface area contributed by atoms with Crippen molar-refractivity contribution >= 4 is 23.9 Å². The molecule has 1 heterocycles. The average molecular weight is 592 g/mol. The summed E-state index contributed by atoms with van der Waals surface area (Å²) in [4.78, 5) is 48.9. The highest BCUT2D eigenvalue weighted by atomic mass is 16.8. The van der Waals surface area contributed by atoms with Gasteiger partial charge in [0.05, 0.1) is 51.9 Å². The van der Waals surface area contributed by atoms with Crippen molar-refractivity contribution in [3.8, 4) is 0 Å². The lowest BCUT2D eigenvalue weighted by Gasteiger charge is -2.43. The Balaban J connectivity index is 3.24. The maximum absolute atomic E-state index is 12.4. The average Bonchev–Trinajstić information content (AvgIpc) is 2.86. The van der Waals surface area contributed by atoms with Crippen LogP contribution in [0.15, 0.2) is 0 Å². The van der Waals surface area contributed by atoms with Gasteiger partial charge in [0, 0.05) is 0 Å². The van der Waals surface area contributed by atoms with E-state index in [0.29, 0.717) is 0 Å². The van der Waals surface area contributed by atoms with E-state index < -0.39 is 113 Å². The molecule has 0 aromatic rings. The molecule has 0 aliphatic carbocycles. The van der Waals surface area contributed by atoms with Gasteiger partial charge in [0.25, 0.3) is 0 Å². The van der Waals surface area contributed by atoms with E-state index in [1.165, 1.54) is 0 Å². The van der Waals surface area contributed by atoms with Crippen LogP contribution in [0.25, 0.3) is 0 Å². The van der Waals surface area contributed by atoms with Gasteiger partial charge < -0.3 is 28.8 Å². The topological polar surface area (TPSA) is 309 Å². The number of carbonyl (C=O) groups excluding carboxylic acids is 4. The first-order valence-electron chi connectivity index (χ1n) is 11.4. The van der Waals surface area contributed by atoms with Crippen LogP contribution >= 0.6 is 0 Å². The number of hydroxylamine groups is 8. The van der Waals surface area contributed by atoms with E-state index in [1.54, 1.807) is 0 Å². The summed E-state index contributed by atoms with van der Waals surface area (Å²) in [7, 11) is 0. The van der Waals surface area contributed by atoms with Crippen LogP contribution in [0.1, 0.15) is 25.7 Å². The van der Waals surface area contributed by atoms with Crippen molar-refractivity contribution in [3.63, 3.8) is 0 Å². The number of aliphatic hydroxyl groups is 1. The maximum atomic E-state index is 12.4. The second kappa shape index (κ2) is 17.9. The summed E-state index contributed by atoms with van der Waals surface area (Å²) in [5.41, 5.74) is 0. The minimum atomic E-state index is -2.12. The summed E-state index contributed by atoms with van der Waals surface area (Å²) in [6, 6.07) is 0. The highest BCUT2D eigenvalue weighted by Gasteiger charge is 2.52. The van der Waals surface area contributed by atoms with Gasteiger partial charge in [-0.3, -0.25) is 60.8 Å². The highest BCUT2D eigenvalue weighted by Crippen LogP contribution is 2.29. The van der Waals surface area contributed by atoms with E-state index in [0.717, 1.165) is 0 Å². The van der Waals surface area contributed by atoms with Gasteiger partial charge in [-0.25, -0.2) is 0 Å². The lowest BCUT2D eigenvalue weighted by molar-refractivity contribution is -0.313. The molecule has 0 aromatic carbocycles. The van der Waals surface area contributed by atoms with E-state index in [9.17, 15) is 24.3 Å². The lowest BCUT2D eigenvalue weighted by atomic mass is 9.98. The SMILES string of the molecule is O=C(CCN(O)O)OCC1OC(O)C(OC(=O)CCN(O)O)C(OC(=O)CCN(O)O)C1OC(=O)CCN(O)O. The van der Waals surface area contributed by atoms with Crippen LogP contribution in [0.4, 0.5) is 0 Å². The minimum absolute atomic E-state index is 0.292. The molecule has 1 rings (SSSR count). The van der Waals surface area contributed by atoms with Gasteiger partial charge in [0.1, 0.15) is 12.7 Å². The number of ether oxygens (including phenoxy) is 5. The molecule has 5 unspecified atom stereocenters. The van der Waals surface area contributed by atoms with Gasteiger partial charge in [0.2, 0.25) is 0 Å². The maximum Gasteiger partial charge on any atom is 0.307 e. The summed E-state index contributed by atoms with van der Waals surface area (Å²) in [5.74, 6) is -4.55. The van der Waals surface area contributed by atoms with Crippen LogP contribution in [0, 0.1) is 0 Å². The molecule has 9 N–H and O–H groups in total. The molecule has 232 valence electrons. The second-order valence-corrected chi connectivity index (χ2v) is 8.00. The normalized spacial score (nSPS) is 23.0. The number of carbonyl (C=O) groups is 4. The third-order valence-corrected chi connectivity index (χ3v) is 4.88. The van der Waals surface area contributed by atoms with E-state index >= 15 is 0 Å². The molecule has 0 bridgehead atoms. The molecular formula is C18H32N4O18. The predicted octanol–water partition coefficient (Wildman–Crippen LogP) is -3.14. The zero-order chi connectivity index (χ0) is 30.4. The Morgan fingerprint density at radius 1 is 0.550 bits per heavy atom. The smallest absolute Gasteiger partial charge is 0.307 e. The van der Waals surface area contributed by atoms with Crippen LogP contribution in [0.5, 0.6) is 0 Å². The van der Waals surface area contributed by atoms with E-state index in [-0.39, 0.29) is 20.9 Å². The molecule has 0 amide bonds. The van der Waals surface area contributed by atoms with Crippen molar-refractivity contribution in [1.82, 2.24) is 20.9 Å². The van der Waals surface area contributed by atoms with E-state index in [2.05, 4.69) is 0 Å². The summed E-state index contributed by atoms with van der Waals surface area (Å²) in [6.45, 7) is -3.33. The molecule has 1 aliphatic rings. The van der Waals surface area contributed by atoms with Gasteiger partial charge in [0.15, 0.2) is 24.6 Å². The van der Waals surface area contributed by atoms with Gasteiger partial charge in [-0.2, -0.15) is 0 Å². The molecule has 1 aliphatic heterocycles. The van der Waals surface area contributed by atoms with Crippen LogP contribution in [0.2, 0.25) is 0 Å². The van der Waals surface area contributed by atoms with Crippen molar-refractivity contribution in [2.45, 2.75) is 56.4 Å². The van der Waals surface area contributed by atoms with Crippen molar-refractivity contribution < 1.29 is 89.6 Å². The van der Waals surface area contributed by atoms with E-state index in [4.69, 9.17) is 65.3 Å². The molecular weight excluding hydrogens is 560 g/mol. The fourth-order valence-electron chi connectivity index (χ4n) is 3.08. The van der Waals surface area contributed by atoms with Crippen LogP contribution in [-0.2, 0) is 42.9 Å². The van der Waals surface area contributed by atoms with Crippen molar-refractivity contribution in [2.75, 3.05) is 32.8 Å². The zero-order valence-corrected chi connectivity index (χ0v) is 20.7. The largest absolute Gasteiger partial charge is 0.463 e. The number of aliphatic hydroxyl groups excluding tert-OH is 1. The zero-order valence-electron chi connectivity index (χ0n) is 20.7. The first-order valence-corrected chi connectivity index (χ1v) is 11.4.